The van der Waals surface area contributed by atoms with E-state index in [1.807, 2.05) is 6.07 Å². The Bertz CT molecular complexity index is 408. The van der Waals surface area contributed by atoms with Gasteiger partial charge >= 0.3 is 0 Å². The summed E-state index contributed by atoms with van der Waals surface area (Å²) in [5.74, 6) is 1.08. The van der Waals surface area contributed by atoms with Gasteiger partial charge in [0.1, 0.15) is 5.76 Å². The molecule has 1 saturated heterocycles. The van der Waals surface area contributed by atoms with Crippen LogP contribution in [0, 0.1) is 5.41 Å². The molecule has 0 amide bonds. The van der Waals surface area contributed by atoms with E-state index in [0.29, 0.717) is 0 Å². The second kappa shape index (κ2) is 6.95. The summed E-state index contributed by atoms with van der Waals surface area (Å²) >= 11 is 0. The van der Waals surface area contributed by atoms with Crippen LogP contribution in [0.1, 0.15) is 38.4 Å². The first-order valence-electron chi connectivity index (χ1n) is 8.36. The normalized spacial score (nSPS) is 25.8. The summed E-state index contributed by atoms with van der Waals surface area (Å²) in [5.41, 5.74) is 0.282. The van der Waals surface area contributed by atoms with Gasteiger partial charge in [-0.25, -0.2) is 0 Å². The number of ether oxygens (including phenoxy) is 1. The minimum atomic E-state index is 0.282. The van der Waals surface area contributed by atoms with Crippen LogP contribution in [0.2, 0.25) is 0 Å². The lowest BCUT2D eigenvalue weighted by Gasteiger charge is -2.34. The Balaban J connectivity index is 1.61. The van der Waals surface area contributed by atoms with Crippen LogP contribution in [0.3, 0.4) is 0 Å². The standard InChI is InChI=1S/C17H28N2O2/c1-2-8-18-12-17(7-10-20-14-17)13-19(15-5-6-15)11-16-4-3-9-21-16/h3-4,9,15,18H,2,5-8,10-14H2,1H3. The van der Waals surface area contributed by atoms with Crippen LogP contribution in [-0.4, -0.2) is 43.8 Å². The average Bonchev–Trinajstić information content (AvgIpc) is 3.02. The quantitative estimate of drug-likeness (QED) is 0.710. The molecule has 1 atom stereocenters. The molecule has 118 valence electrons. The van der Waals surface area contributed by atoms with Crippen molar-refractivity contribution in [2.75, 3.05) is 32.8 Å². The zero-order chi connectivity index (χ0) is 14.5. The molecule has 2 aliphatic rings. The second-order valence-electron chi connectivity index (χ2n) is 6.69. The lowest BCUT2D eigenvalue weighted by Crippen LogP contribution is -2.45. The minimum Gasteiger partial charge on any atom is -0.468 e. The molecule has 1 saturated carbocycles. The predicted molar refractivity (Wildman–Crippen MR) is 83.2 cm³/mol. The van der Waals surface area contributed by atoms with Crippen LogP contribution in [0.5, 0.6) is 0 Å². The Morgan fingerprint density at radius 3 is 2.95 bits per heavy atom. The van der Waals surface area contributed by atoms with E-state index in [4.69, 9.17) is 9.15 Å². The van der Waals surface area contributed by atoms with E-state index in [1.165, 1.54) is 25.7 Å². The molecule has 1 aromatic heterocycles. The highest BCUT2D eigenvalue weighted by atomic mass is 16.5. The van der Waals surface area contributed by atoms with Gasteiger partial charge in [-0.05, 0) is 44.4 Å². The van der Waals surface area contributed by atoms with E-state index in [2.05, 4.69) is 23.2 Å². The smallest absolute Gasteiger partial charge is 0.117 e. The van der Waals surface area contributed by atoms with Crippen LogP contribution >= 0.6 is 0 Å². The molecule has 1 N–H and O–H groups in total. The van der Waals surface area contributed by atoms with E-state index in [-0.39, 0.29) is 5.41 Å². The number of furan rings is 1. The third-order valence-corrected chi connectivity index (χ3v) is 4.65. The maximum absolute atomic E-state index is 5.74. The fraction of sp³-hybridized carbons (Fsp3) is 0.765. The number of hydrogen-bond donors (Lipinski definition) is 1. The summed E-state index contributed by atoms with van der Waals surface area (Å²) < 4.78 is 11.3. The van der Waals surface area contributed by atoms with E-state index < -0.39 is 0 Å². The van der Waals surface area contributed by atoms with Crippen molar-refractivity contribution in [3.63, 3.8) is 0 Å². The predicted octanol–water partition coefficient (Wildman–Crippen LogP) is 2.65. The SMILES string of the molecule is CCCNCC1(CN(Cc2ccco2)C2CC2)CCOC1. The fourth-order valence-electron chi connectivity index (χ4n) is 3.29. The van der Waals surface area contributed by atoms with Gasteiger partial charge < -0.3 is 14.5 Å². The number of nitrogens with zero attached hydrogens (tertiary/aromatic N) is 1. The molecule has 4 heteroatoms. The topological polar surface area (TPSA) is 37.6 Å². The first kappa shape index (κ1) is 15.1. The van der Waals surface area contributed by atoms with Crippen molar-refractivity contribution in [3.8, 4) is 0 Å². The van der Waals surface area contributed by atoms with Gasteiger partial charge in [0.05, 0.1) is 19.4 Å². The monoisotopic (exact) mass is 292 g/mol. The number of hydrogen-bond acceptors (Lipinski definition) is 4. The van der Waals surface area contributed by atoms with Crippen LogP contribution in [0.15, 0.2) is 22.8 Å². The van der Waals surface area contributed by atoms with Gasteiger partial charge in [0, 0.05) is 31.2 Å². The van der Waals surface area contributed by atoms with Gasteiger partial charge in [0.25, 0.3) is 0 Å². The van der Waals surface area contributed by atoms with Crippen molar-refractivity contribution in [3.05, 3.63) is 24.2 Å². The molecular formula is C17H28N2O2. The summed E-state index contributed by atoms with van der Waals surface area (Å²) in [6, 6.07) is 4.82. The van der Waals surface area contributed by atoms with E-state index in [0.717, 1.165) is 51.2 Å². The fourth-order valence-corrected chi connectivity index (χ4v) is 3.29. The molecule has 0 spiro atoms. The second-order valence-corrected chi connectivity index (χ2v) is 6.69. The molecule has 0 radical (unpaired) electrons. The van der Waals surface area contributed by atoms with E-state index in [1.54, 1.807) is 6.26 Å². The molecular weight excluding hydrogens is 264 g/mol. The van der Waals surface area contributed by atoms with Crippen LogP contribution in [0.4, 0.5) is 0 Å². The van der Waals surface area contributed by atoms with Crippen molar-refractivity contribution < 1.29 is 9.15 Å². The molecule has 21 heavy (non-hydrogen) atoms. The molecule has 0 bridgehead atoms. The summed E-state index contributed by atoms with van der Waals surface area (Å²) in [5, 5.41) is 3.61. The highest BCUT2D eigenvalue weighted by molar-refractivity contribution is 5.01. The zero-order valence-corrected chi connectivity index (χ0v) is 13.1. The van der Waals surface area contributed by atoms with E-state index >= 15 is 0 Å². The Morgan fingerprint density at radius 2 is 2.33 bits per heavy atom. The lowest BCUT2D eigenvalue weighted by molar-refractivity contribution is 0.0968. The van der Waals surface area contributed by atoms with Crippen LogP contribution in [0.25, 0.3) is 0 Å². The number of rotatable bonds is 9. The summed E-state index contributed by atoms with van der Waals surface area (Å²) in [6.45, 7) is 8.25. The first-order valence-corrected chi connectivity index (χ1v) is 8.36. The molecule has 3 rings (SSSR count). The highest BCUT2D eigenvalue weighted by Gasteiger charge is 2.40. The van der Waals surface area contributed by atoms with Crippen molar-refractivity contribution >= 4 is 0 Å². The Hall–Kier alpha value is -0.840. The maximum atomic E-state index is 5.74. The van der Waals surface area contributed by atoms with Gasteiger partial charge in [-0.15, -0.1) is 0 Å². The Labute approximate surface area is 127 Å². The van der Waals surface area contributed by atoms with Gasteiger partial charge in [0.2, 0.25) is 0 Å². The Kier molecular flexibility index (Phi) is 4.99. The molecule has 4 nitrogen and oxygen atoms in total. The largest absolute Gasteiger partial charge is 0.468 e. The third-order valence-electron chi connectivity index (χ3n) is 4.65. The van der Waals surface area contributed by atoms with Crippen molar-refractivity contribution in [1.29, 1.82) is 0 Å². The molecule has 2 fully saturated rings. The summed E-state index contributed by atoms with van der Waals surface area (Å²) in [6.07, 6.45) is 6.80. The number of nitrogens with one attached hydrogen (secondary N) is 1. The van der Waals surface area contributed by atoms with Gasteiger partial charge in [-0.1, -0.05) is 6.92 Å². The highest BCUT2D eigenvalue weighted by Crippen LogP contribution is 2.35. The van der Waals surface area contributed by atoms with Crippen molar-refractivity contribution in [2.45, 2.75) is 45.2 Å². The van der Waals surface area contributed by atoms with Crippen molar-refractivity contribution in [2.24, 2.45) is 5.41 Å². The van der Waals surface area contributed by atoms with Gasteiger partial charge in [-0.3, -0.25) is 4.90 Å². The van der Waals surface area contributed by atoms with Crippen LogP contribution in [-0.2, 0) is 11.3 Å². The maximum Gasteiger partial charge on any atom is 0.117 e. The van der Waals surface area contributed by atoms with Gasteiger partial charge in [-0.2, -0.15) is 0 Å². The third kappa shape index (κ3) is 4.09. The molecule has 1 aliphatic heterocycles. The summed E-state index contributed by atoms with van der Waals surface area (Å²) in [7, 11) is 0. The first-order chi connectivity index (χ1) is 10.3. The molecule has 2 heterocycles. The Morgan fingerprint density at radius 1 is 1.43 bits per heavy atom. The molecule has 1 aliphatic carbocycles. The molecule has 1 unspecified atom stereocenters. The summed E-state index contributed by atoms with van der Waals surface area (Å²) in [4.78, 5) is 2.61. The molecule has 0 aromatic carbocycles. The minimum absolute atomic E-state index is 0.282. The van der Waals surface area contributed by atoms with E-state index in [9.17, 15) is 0 Å². The molecule has 1 aromatic rings. The van der Waals surface area contributed by atoms with Crippen LogP contribution < -0.4 is 5.32 Å². The average molecular weight is 292 g/mol. The van der Waals surface area contributed by atoms with Crippen molar-refractivity contribution in [1.82, 2.24) is 10.2 Å². The lowest BCUT2D eigenvalue weighted by atomic mass is 9.86. The van der Waals surface area contributed by atoms with Gasteiger partial charge in [0.15, 0.2) is 0 Å². The zero-order valence-electron chi connectivity index (χ0n) is 13.1.